The fraction of sp³-hybridized carbons (Fsp3) is 0.429. The first-order valence-corrected chi connectivity index (χ1v) is 7.38. The van der Waals surface area contributed by atoms with Crippen LogP contribution in [0, 0.1) is 5.82 Å². The van der Waals surface area contributed by atoms with Crippen LogP contribution in [0.5, 0.6) is 0 Å². The Labute approximate surface area is 125 Å². The van der Waals surface area contributed by atoms with Gasteiger partial charge in [-0.2, -0.15) is 0 Å². The molecule has 2 amide bonds. The number of nitrogens with one attached hydrogen (secondary N) is 1. The van der Waals surface area contributed by atoms with Crippen molar-refractivity contribution >= 4 is 33.4 Å². The molecule has 1 fully saturated rings. The molecule has 4 nitrogen and oxygen atoms in total. The molecule has 0 spiro atoms. The predicted octanol–water partition coefficient (Wildman–Crippen LogP) is 2.61. The van der Waals surface area contributed by atoms with Gasteiger partial charge in [0.25, 0.3) is 0 Å². The summed E-state index contributed by atoms with van der Waals surface area (Å²) in [5.74, 6) is -0.893. The van der Waals surface area contributed by atoms with Gasteiger partial charge in [0.1, 0.15) is 11.9 Å². The predicted molar refractivity (Wildman–Crippen MR) is 77.9 cm³/mol. The highest BCUT2D eigenvalue weighted by atomic mass is 79.9. The number of hydrogen-bond donors (Lipinski definition) is 1. The normalized spacial score (nSPS) is 19.8. The molecule has 0 saturated carbocycles. The van der Waals surface area contributed by atoms with Gasteiger partial charge in [0.05, 0.1) is 5.69 Å². The first kappa shape index (κ1) is 15.0. The lowest BCUT2D eigenvalue weighted by Crippen LogP contribution is -2.45. The number of anilines is 1. The molecular weight excluding hydrogens is 327 g/mol. The number of nitrogens with zero attached hydrogens (tertiary/aromatic N) is 1. The van der Waals surface area contributed by atoms with Gasteiger partial charge in [-0.25, -0.2) is 4.39 Å². The monoisotopic (exact) mass is 342 g/mol. The standard InChI is InChI=1S/C14H16BrFN2O2/c1-2-3-11-14(20)18(7-6-13(19)17-11)12-8-9(15)4-5-10(12)16/h4-5,8,11H,2-3,6-7H2,1H3,(H,17,19). The zero-order chi connectivity index (χ0) is 14.7. The van der Waals surface area contributed by atoms with Crippen LogP contribution in [0.2, 0.25) is 0 Å². The molecule has 0 aromatic heterocycles. The number of amides is 2. The summed E-state index contributed by atoms with van der Waals surface area (Å²) >= 11 is 3.27. The smallest absolute Gasteiger partial charge is 0.249 e. The summed E-state index contributed by atoms with van der Waals surface area (Å²) in [7, 11) is 0. The molecule has 0 radical (unpaired) electrons. The van der Waals surface area contributed by atoms with Gasteiger partial charge in [-0.05, 0) is 24.6 Å². The third-order valence-corrected chi connectivity index (χ3v) is 3.73. The number of rotatable bonds is 3. The first-order chi connectivity index (χ1) is 9.52. The van der Waals surface area contributed by atoms with E-state index >= 15 is 0 Å². The number of halogens is 2. The van der Waals surface area contributed by atoms with Gasteiger partial charge in [0.15, 0.2) is 0 Å². The molecule has 1 unspecified atom stereocenters. The lowest BCUT2D eigenvalue weighted by Gasteiger charge is -2.24. The molecule has 6 heteroatoms. The topological polar surface area (TPSA) is 49.4 Å². The highest BCUT2D eigenvalue weighted by Gasteiger charge is 2.31. The average molecular weight is 343 g/mol. The molecule has 1 aromatic rings. The first-order valence-electron chi connectivity index (χ1n) is 6.58. The zero-order valence-electron chi connectivity index (χ0n) is 11.2. The summed E-state index contributed by atoms with van der Waals surface area (Å²) in [4.78, 5) is 25.5. The van der Waals surface area contributed by atoms with Crippen molar-refractivity contribution in [2.75, 3.05) is 11.4 Å². The Hall–Kier alpha value is -1.43. The highest BCUT2D eigenvalue weighted by molar-refractivity contribution is 9.10. The van der Waals surface area contributed by atoms with Crippen molar-refractivity contribution in [2.24, 2.45) is 0 Å². The maximum Gasteiger partial charge on any atom is 0.249 e. The van der Waals surface area contributed by atoms with E-state index in [1.165, 1.54) is 11.0 Å². The van der Waals surface area contributed by atoms with Crippen molar-refractivity contribution in [3.8, 4) is 0 Å². The van der Waals surface area contributed by atoms with E-state index in [9.17, 15) is 14.0 Å². The van der Waals surface area contributed by atoms with Crippen LogP contribution in [0.1, 0.15) is 26.2 Å². The molecule has 0 aliphatic carbocycles. The second-order valence-electron chi connectivity index (χ2n) is 4.74. The molecular formula is C14H16BrFN2O2. The second-order valence-corrected chi connectivity index (χ2v) is 5.66. The van der Waals surface area contributed by atoms with Gasteiger partial charge >= 0.3 is 0 Å². The van der Waals surface area contributed by atoms with E-state index in [-0.39, 0.29) is 30.5 Å². The molecule has 1 aromatic carbocycles. The Kier molecular flexibility index (Phi) is 4.75. The van der Waals surface area contributed by atoms with Crippen LogP contribution in [0.4, 0.5) is 10.1 Å². The van der Waals surface area contributed by atoms with Gasteiger partial charge in [0.2, 0.25) is 11.8 Å². The minimum absolute atomic E-state index is 0.172. The van der Waals surface area contributed by atoms with Crippen LogP contribution in [0.15, 0.2) is 22.7 Å². The quantitative estimate of drug-likeness (QED) is 0.917. The SMILES string of the molecule is CCCC1NC(=O)CCN(c2cc(Br)ccc2F)C1=O. The molecule has 2 rings (SSSR count). The second kappa shape index (κ2) is 6.35. The van der Waals surface area contributed by atoms with Gasteiger partial charge in [-0.15, -0.1) is 0 Å². The number of carbonyl (C=O) groups is 2. The zero-order valence-corrected chi connectivity index (χ0v) is 12.7. The fourth-order valence-corrected chi connectivity index (χ4v) is 2.61. The van der Waals surface area contributed by atoms with Crippen LogP contribution in [0.3, 0.4) is 0 Å². The Bertz CT molecular complexity index is 536. The van der Waals surface area contributed by atoms with Gasteiger partial charge in [-0.1, -0.05) is 29.3 Å². The lowest BCUT2D eigenvalue weighted by molar-refractivity contribution is -0.125. The summed E-state index contributed by atoms with van der Waals surface area (Å²) < 4.78 is 14.6. The van der Waals surface area contributed by atoms with Crippen LogP contribution >= 0.6 is 15.9 Å². The number of hydrogen-bond acceptors (Lipinski definition) is 2. The van der Waals surface area contributed by atoms with Crippen molar-refractivity contribution in [1.82, 2.24) is 5.32 Å². The number of benzene rings is 1. The minimum atomic E-state index is -0.576. The Morgan fingerprint density at radius 3 is 2.90 bits per heavy atom. The van der Waals surface area contributed by atoms with E-state index in [1.54, 1.807) is 12.1 Å². The van der Waals surface area contributed by atoms with E-state index in [2.05, 4.69) is 21.2 Å². The van der Waals surface area contributed by atoms with E-state index in [0.717, 1.165) is 6.42 Å². The van der Waals surface area contributed by atoms with E-state index in [1.807, 2.05) is 6.92 Å². The molecule has 1 N–H and O–H groups in total. The number of carbonyl (C=O) groups excluding carboxylic acids is 2. The van der Waals surface area contributed by atoms with E-state index in [4.69, 9.17) is 0 Å². The Balaban J connectivity index is 2.35. The molecule has 1 heterocycles. The van der Waals surface area contributed by atoms with Crippen molar-refractivity contribution in [1.29, 1.82) is 0 Å². The van der Waals surface area contributed by atoms with E-state index < -0.39 is 11.9 Å². The van der Waals surface area contributed by atoms with E-state index in [0.29, 0.717) is 10.9 Å². The van der Waals surface area contributed by atoms with Gasteiger partial charge < -0.3 is 10.2 Å². The van der Waals surface area contributed by atoms with Crippen LogP contribution in [-0.4, -0.2) is 24.4 Å². The van der Waals surface area contributed by atoms with Crippen molar-refractivity contribution < 1.29 is 14.0 Å². The molecule has 1 saturated heterocycles. The van der Waals surface area contributed by atoms with Gasteiger partial charge in [-0.3, -0.25) is 9.59 Å². The van der Waals surface area contributed by atoms with Crippen molar-refractivity contribution in [3.63, 3.8) is 0 Å². The highest BCUT2D eigenvalue weighted by Crippen LogP contribution is 2.26. The summed E-state index contributed by atoms with van der Waals surface area (Å²) in [5.41, 5.74) is 0.210. The third kappa shape index (κ3) is 3.17. The van der Waals surface area contributed by atoms with Crippen molar-refractivity contribution in [3.05, 3.63) is 28.5 Å². The third-order valence-electron chi connectivity index (χ3n) is 3.24. The molecule has 20 heavy (non-hydrogen) atoms. The summed E-state index contributed by atoms with van der Waals surface area (Å²) in [5, 5.41) is 2.70. The molecule has 1 aliphatic heterocycles. The van der Waals surface area contributed by atoms with Crippen LogP contribution in [0.25, 0.3) is 0 Å². The minimum Gasteiger partial charge on any atom is -0.344 e. The fourth-order valence-electron chi connectivity index (χ4n) is 2.26. The van der Waals surface area contributed by atoms with Crippen LogP contribution < -0.4 is 10.2 Å². The molecule has 108 valence electrons. The average Bonchev–Trinajstić information content (AvgIpc) is 2.54. The summed E-state index contributed by atoms with van der Waals surface area (Å²) in [6, 6.07) is 3.87. The van der Waals surface area contributed by atoms with Crippen LogP contribution in [-0.2, 0) is 9.59 Å². The summed E-state index contributed by atoms with van der Waals surface area (Å²) in [6.07, 6.45) is 1.50. The molecule has 1 aliphatic rings. The maximum absolute atomic E-state index is 14.0. The maximum atomic E-state index is 14.0. The van der Waals surface area contributed by atoms with Gasteiger partial charge in [0, 0.05) is 17.4 Å². The molecule has 1 atom stereocenters. The van der Waals surface area contributed by atoms with Crippen molar-refractivity contribution in [2.45, 2.75) is 32.2 Å². The summed E-state index contributed by atoms with van der Waals surface area (Å²) in [6.45, 7) is 2.13. The molecule has 0 bridgehead atoms. The largest absolute Gasteiger partial charge is 0.344 e. The Morgan fingerprint density at radius 2 is 2.20 bits per heavy atom. The Morgan fingerprint density at radius 1 is 1.45 bits per heavy atom. The lowest BCUT2D eigenvalue weighted by atomic mass is 10.1.